The number of halogens is 1. The van der Waals surface area contributed by atoms with Crippen molar-refractivity contribution in [2.75, 3.05) is 5.75 Å². The van der Waals surface area contributed by atoms with E-state index in [0.717, 1.165) is 31.3 Å². The molecule has 1 fully saturated rings. The van der Waals surface area contributed by atoms with Crippen molar-refractivity contribution in [2.24, 2.45) is 0 Å². The van der Waals surface area contributed by atoms with Crippen LogP contribution in [0.5, 0.6) is 0 Å². The Bertz CT molecular complexity index is 185. The lowest BCUT2D eigenvalue weighted by Gasteiger charge is -2.39. The van der Waals surface area contributed by atoms with Crippen molar-refractivity contribution in [1.29, 1.82) is 0 Å². The Hall–Kier alpha value is 0.500. The molecule has 0 aromatic rings. The van der Waals surface area contributed by atoms with E-state index in [-0.39, 0.29) is 4.32 Å². The minimum Gasteiger partial charge on any atom is -0.302 e. The summed E-state index contributed by atoms with van der Waals surface area (Å²) >= 11 is 5.52. The van der Waals surface area contributed by atoms with Gasteiger partial charge in [0.25, 0.3) is 0 Å². The number of hydrogen-bond acceptors (Lipinski definition) is 2. The number of carbonyl (C=O) groups is 1. The minimum atomic E-state index is -0.233. The molecule has 3 heteroatoms. The standard InChI is InChI=1S/C9H15BrOS/c1-3-8(2)6-9(10,7-11)4-5-12-8/h7H,3-6H2,1-2H3. The topological polar surface area (TPSA) is 17.1 Å². The fourth-order valence-corrected chi connectivity index (χ4v) is 4.34. The molecule has 0 aromatic carbocycles. The summed E-state index contributed by atoms with van der Waals surface area (Å²) < 4.78 is 0.0612. The third kappa shape index (κ3) is 2.25. The van der Waals surface area contributed by atoms with Crippen molar-refractivity contribution in [1.82, 2.24) is 0 Å². The van der Waals surface area contributed by atoms with Gasteiger partial charge in [-0.25, -0.2) is 0 Å². The average molecular weight is 251 g/mol. The summed E-state index contributed by atoms with van der Waals surface area (Å²) in [6.45, 7) is 4.44. The molecule has 2 atom stereocenters. The largest absolute Gasteiger partial charge is 0.302 e. The van der Waals surface area contributed by atoms with Crippen molar-refractivity contribution in [3.63, 3.8) is 0 Å². The molecular weight excluding hydrogens is 236 g/mol. The van der Waals surface area contributed by atoms with Crippen molar-refractivity contribution in [3.05, 3.63) is 0 Å². The third-order valence-corrected chi connectivity index (χ3v) is 5.00. The van der Waals surface area contributed by atoms with Gasteiger partial charge in [-0.1, -0.05) is 29.8 Å². The number of aldehydes is 1. The van der Waals surface area contributed by atoms with Gasteiger partial charge in [0.1, 0.15) is 6.29 Å². The van der Waals surface area contributed by atoms with E-state index in [4.69, 9.17) is 0 Å². The van der Waals surface area contributed by atoms with Gasteiger partial charge >= 0.3 is 0 Å². The molecule has 0 amide bonds. The van der Waals surface area contributed by atoms with Crippen LogP contribution in [-0.4, -0.2) is 21.1 Å². The molecule has 0 aromatic heterocycles. The molecule has 1 aliphatic heterocycles. The molecule has 0 bridgehead atoms. The van der Waals surface area contributed by atoms with Crippen LogP contribution in [0.1, 0.15) is 33.1 Å². The average Bonchev–Trinajstić information content (AvgIpc) is 2.05. The van der Waals surface area contributed by atoms with Crippen LogP contribution in [0.3, 0.4) is 0 Å². The molecule has 0 aliphatic carbocycles. The van der Waals surface area contributed by atoms with Crippen LogP contribution in [0, 0.1) is 0 Å². The SMILES string of the molecule is CCC1(C)CC(Br)(C=O)CCS1. The number of carbonyl (C=O) groups excluding carboxylic acids is 1. The molecule has 0 N–H and O–H groups in total. The van der Waals surface area contributed by atoms with Crippen molar-refractivity contribution >= 4 is 34.0 Å². The minimum absolute atomic E-state index is 0.233. The molecule has 1 rings (SSSR count). The number of rotatable bonds is 2. The molecule has 1 nitrogen and oxygen atoms in total. The van der Waals surface area contributed by atoms with E-state index >= 15 is 0 Å². The van der Waals surface area contributed by atoms with Crippen LogP contribution in [0.4, 0.5) is 0 Å². The Morgan fingerprint density at radius 3 is 2.83 bits per heavy atom. The molecule has 0 saturated carbocycles. The maximum Gasteiger partial charge on any atom is 0.136 e. The van der Waals surface area contributed by atoms with Crippen LogP contribution in [0.25, 0.3) is 0 Å². The van der Waals surface area contributed by atoms with Crippen molar-refractivity contribution in [2.45, 2.75) is 42.2 Å². The van der Waals surface area contributed by atoms with Gasteiger partial charge in [0.05, 0.1) is 4.32 Å². The number of thioether (sulfide) groups is 1. The first kappa shape index (κ1) is 10.6. The third-order valence-electron chi connectivity index (χ3n) is 2.60. The maximum atomic E-state index is 10.8. The zero-order valence-corrected chi connectivity index (χ0v) is 10.0. The quantitative estimate of drug-likeness (QED) is 0.554. The highest BCUT2D eigenvalue weighted by Crippen LogP contribution is 2.46. The van der Waals surface area contributed by atoms with Gasteiger partial charge in [0.15, 0.2) is 0 Å². The Kier molecular flexibility index (Phi) is 3.27. The van der Waals surface area contributed by atoms with Crippen LogP contribution in [0.15, 0.2) is 0 Å². The second-order valence-electron chi connectivity index (χ2n) is 3.73. The summed E-state index contributed by atoms with van der Waals surface area (Å²) in [7, 11) is 0. The van der Waals surface area contributed by atoms with E-state index < -0.39 is 0 Å². The number of hydrogen-bond donors (Lipinski definition) is 0. The fraction of sp³-hybridized carbons (Fsp3) is 0.889. The van der Waals surface area contributed by atoms with Crippen LogP contribution in [0.2, 0.25) is 0 Å². The zero-order valence-electron chi connectivity index (χ0n) is 7.60. The first-order valence-electron chi connectivity index (χ1n) is 4.33. The molecule has 1 saturated heterocycles. The summed E-state index contributed by atoms with van der Waals surface area (Å²) in [6, 6.07) is 0. The summed E-state index contributed by atoms with van der Waals surface area (Å²) in [6.07, 6.45) is 4.14. The summed E-state index contributed by atoms with van der Waals surface area (Å²) in [5.74, 6) is 1.09. The molecular formula is C9H15BrOS. The van der Waals surface area contributed by atoms with E-state index in [9.17, 15) is 4.79 Å². The first-order valence-corrected chi connectivity index (χ1v) is 6.11. The lowest BCUT2D eigenvalue weighted by atomic mass is 9.91. The second kappa shape index (κ2) is 3.70. The predicted octanol–water partition coefficient (Wildman–Crippen LogP) is 3.01. The van der Waals surface area contributed by atoms with Crippen molar-refractivity contribution in [3.8, 4) is 0 Å². The van der Waals surface area contributed by atoms with Gasteiger partial charge in [0, 0.05) is 4.75 Å². The Labute approximate surface area is 86.8 Å². The van der Waals surface area contributed by atoms with Gasteiger partial charge in [-0.2, -0.15) is 11.8 Å². The van der Waals surface area contributed by atoms with Crippen molar-refractivity contribution < 1.29 is 4.79 Å². The number of alkyl halides is 1. The Morgan fingerprint density at radius 1 is 1.67 bits per heavy atom. The molecule has 12 heavy (non-hydrogen) atoms. The van der Waals surface area contributed by atoms with Crippen LogP contribution < -0.4 is 0 Å². The highest BCUT2D eigenvalue weighted by molar-refractivity contribution is 9.10. The van der Waals surface area contributed by atoms with E-state index in [1.165, 1.54) is 0 Å². The van der Waals surface area contributed by atoms with E-state index in [2.05, 4.69) is 29.8 Å². The molecule has 1 aliphatic rings. The van der Waals surface area contributed by atoms with E-state index in [1.807, 2.05) is 11.8 Å². The van der Waals surface area contributed by atoms with Gasteiger partial charge in [0.2, 0.25) is 0 Å². The highest BCUT2D eigenvalue weighted by atomic mass is 79.9. The summed E-state index contributed by atoms with van der Waals surface area (Å²) in [5, 5.41) is 0. The summed E-state index contributed by atoms with van der Waals surface area (Å²) in [5.41, 5.74) is 0. The van der Waals surface area contributed by atoms with Crippen LogP contribution >= 0.6 is 27.7 Å². The Morgan fingerprint density at radius 2 is 2.33 bits per heavy atom. The highest BCUT2D eigenvalue weighted by Gasteiger charge is 2.40. The normalized spacial score (nSPS) is 42.6. The lowest BCUT2D eigenvalue weighted by Crippen LogP contribution is -2.39. The van der Waals surface area contributed by atoms with Gasteiger partial charge < -0.3 is 4.79 Å². The predicted molar refractivity (Wildman–Crippen MR) is 58.1 cm³/mol. The molecule has 0 spiro atoms. The molecule has 0 radical (unpaired) electrons. The lowest BCUT2D eigenvalue weighted by molar-refractivity contribution is -0.110. The monoisotopic (exact) mass is 250 g/mol. The second-order valence-corrected chi connectivity index (χ2v) is 6.99. The molecule has 2 unspecified atom stereocenters. The van der Waals surface area contributed by atoms with Gasteiger partial charge in [-0.3, -0.25) is 0 Å². The molecule has 1 heterocycles. The van der Waals surface area contributed by atoms with E-state index in [1.54, 1.807) is 0 Å². The fourth-order valence-electron chi connectivity index (χ4n) is 1.56. The first-order chi connectivity index (χ1) is 5.54. The zero-order chi connectivity index (χ0) is 9.24. The maximum absolute atomic E-state index is 10.8. The molecule has 70 valence electrons. The summed E-state index contributed by atoms with van der Waals surface area (Å²) in [4.78, 5) is 10.8. The Balaban J connectivity index is 2.68. The van der Waals surface area contributed by atoms with E-state index in [0.29, 0.717) is 4.75 Å². The van der Waals surface area contributed by atoms with Gasteiger partial charge in [-0.05, 0) is 25.0 Å². The van der Waals surface area contributed by atoms with Gasteiger partial charge in [-0.15, -0.1) is 0 Å². The smallest absolute Gasteiger partial charge is 0.136 e. The van der Waals surface area contributed by atoms with Crippen LogP contribution in [-0.2, 0) is 4.79 Å².